The molecule has 4 nitrogen and oxygen atoms in total. The molecule has 0 saturated carbocycles. The molecular formula is C13H17FN2O2. The zero-order valence-electron chi connectivity index (χ0n) is 10.5. The van der Waals surface area contributed by atoms with Crippen LogP contribution in [-0.2, 0) is 4.79 Å². The average molecular weight is 252 g/mol. The Morgan fingerprint density at radius 2 is 2.17 bits per heavy atom. The van der Waals surface area contributed by atoms with Gasteiger partial charge in [0.05, 0.1) is 17.8 Å². The third-order valence-corrected chi connectivity index (χ3v) is 3.18. The van der Waals surface area contributed by atoms with Gasteiger partial charge in [0.2, 0.25) is 5.91 Å². The smallest absolute Gasteiger partial charge is 0.247 e. The summed E-state index contributed by atoms with van der Waals surface area (Å²) in [6, 6.07) is 5.51. The number of amides is 1. The van der Waals surface area contributed by atoms with Gasteiger partial charge in [-0.2, -0.15) is 0 Å². The summed E-state index contributed by atoms with van der Waals surface area (Å²) >= 11 is 0. The van der Waals surface area contributed by atoms with Crippen LogP contribution in [0.25, 0.3) is 0 Å². The maximum Gasteiger partial charge on any atom is 0.247 e. The van der Waals surface area contributed by atoms with Crippen molar-refractivity contribution in [1.82, 2.24) is 5.32 Å². The Labute approximate surface area is 105 Å². The van der Waals surface area contributed by atoms with Crippen molar-refractivity contribution in [3.8, 4) is 0 Å². The van der Waals surface area contributed by atoms with Crippen LogP contribution in [0.3, 0.4) is 0 Å². The lowest BCUT2D eigenvalue weighted by molar-refractivity contribution is -0.124. The van der Waals surface area contributed by atoms with Crippen molar-refractivity contribution in [1.29, 1.82) is 0 Å². The second kappa shape index (κ2) is 4.66. The van der Waals surface area contributed by atoms with Crippen molar-refractivity contribution < 1.29 is 14.3 Å². The molecule has 1 aromatic carbocycles. The van der Waals surface area contributed by atoms with Gasteiger partial charge < -0.3 is 15.3 Å². The molecular weight excluding hydrogens is 235 g/mol. The van der Waals surface area contributed by atoms with Gasteiger partial charge in [0.15, 0.2) is 0 Å². The van der Waals surface area contributed by atoms with Crippen LogP contribution in [0.4, 0.5) is 10.1 Å². The molecule has 1 aliphatic heterocycles. The van der Waals surface area contributed by atoms with Gasteiger partial charge in [-0.05, 0) is 26.0 Å². The molecule has 0 spiro atoms. The van der Waals surface area contributed by atoms with E-state index < -0.39 is 17.4 Å². The van der Waals surface area contributed by atoms with Gasteiger partial charge in [-0.1, -0.05) is 12.1 Å². The van der Waals surface area contributed by atoms with Crippen LogP contribution in [0.2, 0.25) is 0 Å². The summed E-state index contributed by atoms with van der Waals surface area (Å²) in [5, 5.41) is 12.1. The molecule has 0 aromatic heterocycles. The number of benzene rings is 1. The fourth-order valence-corrected chi connectivity index (χ4v) is 2.21. The summed E-state index contributed by atoms with van der Waals surface area (Å²) in [5.41, 5.74) is -0.280. The van der Waals surface area contributed by atoms with Crippen molar-refractivity contribution in [3.63, 3.8) is 0 Å². The molecule has 1 unspecified atom stereocenters. The normalized spacial score (nSPS) is 23.2. The van der Waals surface area contributed by atoms with Crippen molar-refractivity contribution in [2.24, 2.45) is 0 Å². The van der Waals surface area contributed by atoms with Crippen LogP contribution in [0.5, 0.6) is 0 Å². The molecule has 1 amide bonds. The summed E-state index contributed by atoms with van der Waals surface area (Å²) in [6.45, 7) is 3.92. The topological polar surface area (TPSA) is 52.6 Å². The number of anilines is 1. The van der Waals surface area contributed by atoms with Crippen LogP contribution >= 0.6 is 0 Å². The van der Waals surface area contributed by atoms with Gasteiger partial charge in [-0.15, -0.1) is 0 Å². The molecule has 2 N–H and O–H groups in total. The molecule has 5 heteroatoms. The molecule has 1 aliphatic rings. The lowest BCUT2D eigenvalue weighted by Crippen LogP contribution is -2.66. The van der Waals surface area contributed by atoms with Crippen LogP contribution in [0, 0.1) is 5.82 Å². The lowest BCUT2D eigenvalue weighted by Gasteiger charge is -2.45. The fraction of sp³-hybridized carbons (Fsp3) is 0.462. The van der Waals surface area contributed by atoms with Gasteiger partial charge in [0.25, 0.3) is 0 Å². The quantitative estimate of drug-likeness (QED) is 0.822. The van der Waals surface area contributed by atoms with Crippen molar-refractivity contribution in [2.75, 3.05) is 18.1 Å². The number of carbonyl (C=O) groups is 1. The van der Waals surface area contributed by atoms with Crippen LogP contribution in [0.15, 0.2) is 24.3 Å². The first-order chi connectivity index (χ1) is 8.47. The number of aliphatic hydroxyl groups is 1. The number of hydrogen-bond acceptors (Lipinski definition) is 3. The Morgan fingerprint density at radius 1 is 1.50 bits per heavy atom. The van der Waals surface area contributed by atoms with E-state index in [0.29, 0.717) is 6.54 Å². The maximum absolute atomic E-state index is 13.8. The molecule has 1 saturated heterocycles. The molecule has 1 atom stereocenters. The molecule has 0 radical (unpaired) electrons. The molecule has 1 fully saturated rings. The van der Waals surface area contributed by atoms with Gasteiger partial charge in [-0.25, -0.2) is 4.39 Å². The number of piperazine rings is 1. The first-order valence-electron chi connectivity index (χ1n) is 5.90. The third kappa shape index (κ3) is 2.11. The van der Waals surface area contributed by atoms with E-state index in [4.69, 9.17) is 5.11 Å². The van der Waals surface area contributed by atoms with Crippen molar-refractivity contribution in [3.05, 3.63) is 30.1 Å². The number of para-hydroxylation sites is 1. The second-order valence-corrected chi connectivity index (χ2v) is 5.05. The minimum absolute atomic E-state index is 0.257. The van der Waals surface area contributed by atoms with E-state index in [1.165, 1.54) is 11.0 Å². The fourth-order valence-electron chi connectivity index (χ4n) is 2.21. The number of carbonyl (C=O) groups excluding carboxylic acids is 1. The molecule has 1 aromatic rings. The predicted molar refractivity (Wildman–Crippen MR) is 66.8 cm³/mol. The SMILES string of the molecule is CC1(C)CNC(CO)C(=O)N1c1ccccc1F. The molecule has 0 bridgehead atoms. The minimum atomic E-state index is -0.669. The summed E-state index contributed by atoms with van der Waals surface area (Å²) in [4.78, 5) is 13.7. The number of hydrogen-bond donors (Lipinski definition) is 2. The number of nitrogens with zero attached hydrogens (tertiary/aromatic N) is 1. The summed E-state index contributed by atoms with van der Waals surface area (Å²) < 4.78 is 13.8. The first-order valence-corrected chi connectivity index (χ1v) is 5.90. The van der Waals surface area contributed by atoms with Crippen molar-refractivity contribution >= 4 is 11.6 Å². The highest BCUT2D eigenvalue weighted by atomic mass is 19.1. The Balaban J connectivity index is 2.44. The summed E-state index contributed by atoms with van der Waals surface area (Å²) in [6.07, 6.45) is 0. The van der Waals surface area contributed by atoms with E-state index in [2.05, 4.69) is 5.32 Å². The highest BCUT2D eigenvalue weighted by Crippen LogP contribution is 2.29. The monoisotopic (exact) mass is 252 g/mol. The molecule has 0 aliphatic carbocycles. The van der Waals surface area contributed by atoms with Crippen LogP contribution < -0.4 is 10.2 Å². The number of halogens is 1. The third-order valence-electron chi connectivity index (χ3n) is 3.18. The van der Waals surface area contributed by atoms with Gasteiger partial charge in [0.1, 0.15) is 11.9 Å². The van der Waals surface area contributed by atoms with Gasteiger partial charge in [0, 0.05) is 6.54 Å². The van der Waals surface area contributed by atoms with E-state index in [1.54, 1.807) is 18.2 Å². The van der Waals surface area contributed by atoms with E-state index >= 15 is 0 Å². The van der Waals surface area contributed by atoms with Crippen LogP contribution in [0.1, 0.15) is 13.8 Å². The van der Waals surface area contributed by atoms with E-state index in [9.17, 15) is 9.18 Å². The molecule has 98 valence electrons. The molecule has 2 rings (SSSR count). The van der Waals surface area contributed by atoms with Crippen LogP contribution in [-0.4, -0.2) is 35.7 Å². The van der Waals surface area contributed by atoms with Crippen molar-refractivity contribution in [2.45, 2.75) is 25.4 Å². The maximum atomic E-state index is 13.8. The molecule has 1 heterocycles. The van der Waals surface area contributed by atoms with Gasteiger partial charge >= 0.3 is 0 Å². The molecule has 18 heavy (non-hydrogen) atoms. The predicted octanol–water partition coefficient (Wildman–Crippen LogP) is 0.901. The Hall–Kier alpha value is -1.46. The lowest BCUT2D eigenvalue weighted by atomic mass is 9.96. The van der Waals surface area contributed by atoms with Gasteiger partial charge in [-0.3, -0.25) is 4.79 Å². The van der Waals surface area contributed by atoms with E-state index in [1.807, 2.05) is 13.8 Å². The average Bonchev–Trinajstić information content (AvgIpc) is 2.31. The highest BCUT2D eigenvalue weighted by molar-refractivity contribution is 5.99. The number of aliphatic hydroxyl groups excluding tert-OH is 1. The summed E-state index contributed by atoms with van der Waals surface area (Å²) in [7, 11) is 0. The Kier molecular flexibility index (Phi) is 3.36. The highest BCUT2D eigenvalue weighted by Gasteiger charge is 2.41. The number of nitrogens with one attached hydrogen (secondary N) is 1. The van der Waals surface area contributed by atoms with E-state index in [-0.39, 0.29) is 18.2 Å². The Bertz CT molecular complexity index is 462. The zero-order chi connectivity index (χ0) is 13.3. The summed E-state index contributed by atoms with van der Waals surface area (Å²) in [5.74, 6) is -0.739. The van der Waals surface area contributed by atoms with E-state index in [0.717, 1.165) is 0 Å². The number of rotatable bonds is 2. The first kappa shape index (κ1) is 13.0. The zero-order valence-corrected chi connectivity index (χ0v) is 10.5. The minimum Gasteiger partial charge on any atom is -0.394 e. The Morgan fingerprint density at radius 3 is 2.78 bits per heavy atom. The second-order valence-electron chi connectivity index (χ2n) is 5.05. The standard InChI is InChI=1S/C13H17FN2O2/c1-13(2)8-15-10(7-17)12(18)16(13)11-6-4-3-5-9(11)14/h3-6,10,15,17H,7-8H2,1-2H3. The largest absolute Gasteiger partial charge is 0.394 e.